The number of aromatic nitrogens is 2. The molecule has 14 heavy (non-hydrogen) atoms. The van der Waals surface area contributed by atoms with Gasteiger partial charge in [0.15, 0.2) is 0 Å². The number of nitrogens with zero attached hydrogens (tertiary/aromatic N) is 2. The SMILES string of the molecule is CCOC(=O)c1cnc(NN)nc1C. The molecule has 0 saturated heterocycles. The highest BCUT2D eigenvalue weighted by Crippen LogP contribution is 2.07. The summed E-state index contributed by atoms with van der Waals surface area (Å²) in [4.78, 5) is 19.1. The lowest BCUT2D eigenvalue weighted by Gasteiger charge is -2.05. The quantitative estimate of drug-likeness (QED) is 0.409. The number of hydrazine groups is 1. The van der Waals surface area contributed by atoms with Crippen LogP contribution in [0.4, 0.5) is 5.95 Å². The zero-order valence-electron chi connectivity index (χ0n) is 8.07. The summed E-state index contributed by atoms with van der Waals surface area (Å²) in [6, 6.07) is 0. The predicted octanol–water partition coefficient (Wildman–Crippen LogP) is 0.247. The van der Waals surface area contributed by atoms with Gasteiger partial charge in [-0.2, -0.15) is 0 Å². The third-order valence-corrected chi connectivity index (χ3v) is 1.60. The van der Waals surface area contributed by atoms with Crippen LogP contribution in [0.1, 0.15) is 23.0 Å². The van der Waals surface area contributed by atoms with Crippen LogP contribution < -0.4 is 11.3 Å². The highest BCUT2D eigenvalue weighted by Gasteiger charge is 2.11. The van der Waals surface area contributed by atoms with Crippen LogP contribution in [0.3, 0.4) is 0 Å². The molecule has 0 radical (unpaired) electrons. The van der Waals surface area contributed by atoms with Crippen molar-refractivity contribution in [2.24, 2.45) is 5.84 Å². The van der Waals surface area contributed by atoms with Gasteiger partial charge >= 0.3 is 5.97 Å². The van der Waals surface area contributed by atoms with E-state index in [0.717, 1.165) is 0 Å². The van der Waals surface area contributed by atoms with Gasteiger partial charge in [-0.15, -0.1) is 0 Å². The summed E-state index contributed by atoms with van der Waals surface area (Å²) < 4.78 is 4.81. The molecule has 0 bridgehead atoms. The summed E-state index contributed by atoms with van der Waals surface area (Å²) in [7, 11) is 0. The number of hydrogen-bond donors (Lipinski definition) is 2. The minimum absolute atomic E-state index is 0.274. The maximum absolute atomic E-state index is 11.3. The van der Waals surface area contributed by atoms with Gasteiger partial charge in [0.2, 0.25) is 5.95 Å². The number of nitrogens with one attached hydrogen (secondary N) is 1. The Balaban J connectivity index is 2.94. The van der Waals surface area contributed by atoms with E-state index in [-0.39, 0.29) is 5.95 Å². The van der Waals surface area contributed by atoms with Crippen molar-refractivity contribution < 1.29 is 9.53 Å². The van der Waals surface area contributed by atoms with Crippen molar-refractivity contribution in [1.29, 1.82) is 0 Å². The topological polar surface area (TPSA) is 90.1 Å². The second kappa shape index (κ2) is 4.52. The van der Waals surface area contributed by atoms with E-state index in [1.54, 1.807) is 13.8 Å². The maximum Gasteiger partial charge on any atom is 0.341 e. The fourth-order valence-electron chi connectivity index (χ4n) is 0.946. The summed E-state index contributed by atoms with van der Waals surface area (Å²) in [6.07, 6.45) is 1.38. The normalized spacial score (nSPS) is 9.64. The van der Waals surface area contributed by atoms with Crippen molar-refractivity contribution >= 4 is 11.9 Å². The third kappa shape index (κ3) is 2.17. The first-order valence-corrected chi connectivity index (χ1v) is 4.16. The monoisotopic (exact) mass is 196 g/mol. The van der Waals surface area contributed by atoms with Crippen LogP contribution in [0.5, 0.6) is 0 Å². The molecule has 0 unspecified atom stereocenters. The first-order valence-electron chi connectivity index (χ1n) is 4.16. The number of carbonyl (C=O) groups is 1. The van der Waals surface area contributed by atoms with Gasteiger partial charge in [-0.25, -0.2) is 20.6 Å². The first-order chi connectivity index (χ1) is 6.69. The van der Waals surface area contributed by atoms with E-state index in [2.05, 4.69) is 15.4 Å². The number of anilines is 1. The number of nitrogen functional groups attached to an aromatic ring is 1. The average molecular weight is 196 g/mol. The molecule has 1 aromatic rings. The number of esters is 1. The number of hydrogen-bond acceptors (Lipinski definition) is 6. The maximum atomic E-state index is 11.3. The summed E-state index contributed by atoms with van der Waals surface area (Å²) in [5, 5.41) is 0. The number of rotatable bonds is 3. The molecule has 0 spiro atoms. The van der Waals surface area contributed by atoms with Gasteiger partial charge in [0.1, 0.15) is 0 Å². The van der Waals surface area contributed by atoms with Crippen LogP contribution in [0.2, 0.25) is 0 Å². The van der Waals surface area contributed by atoms with E-state index >= 15 is 0 Å². The summed E-state index contributed by atoms with van der Waals surface area (Å²) in [5.41, 5.74) is 3.18. The molecule has 1 aromatic heterocycles. The van der Waals surface area contributed by atoms with Crippen molar-refractivity contribution in [3.8, 4) is 0 Å². The summed E-state index contributed by atoms with van der Waals surface area (Å²) >= 11 is 0. The lowest BCUT2D eigenvalue weighted by Crippen LogP contribution is -2.14. The van der Waals surface area contributed by atoms with E-state index in [0.29, 0.717) is 17.9 Å². The molecule has 0 aliphatic rings. The Morgan fingerprint density at radius 1 is 1.71 bits per heavy atom. The lowest BCUT2D eigenvalue weighted by molar-refractivity contribution is 0.0524. The third-order valence-electron chi connectivity index (χ3n) is 1.60. The molecule has 1 rings (SSSR count). The molecule has 0 fully saturated rings. The van der Waals surface area contributed by atoms with Crippen LogP contribution in [-0.2, 0) is 4.74 Å². The Bertz CT molecular complexity index is 340. The number of aryl methyl sites for hydroxylation is 1. The lowest BCUT2D eigenvalue weighted by atomic mass is 10.2. The molecule has 0 amide bonds. The Morgan fingerprint density at radius 2 is 2.43 bits per heavy atom. The number of ether oxygens (including phenoxy) is 1. The molecule has 0 saturated carbocycles. The minimum atomic E-state index is -0.423. The second-order valence-corrected chi connectivity index (χ2v) is 2.56. The number of carbonyl (C=O) groups excluding carboxylic acids is 1. The first kappa shape index (κ1) is 10.4. The Kier molecular flexibility index (Phi) is 3.35. The van der Waals surface area contributed by atoms with Gasteiger partial charge in [-0.05, 0) is 13.8 Å². The van der Waals surface area contributed by atoms with E-state index in [1.807, 2.05) is 0 Å². The molecule has 1 heterocycles. The van der Waals surface area contributed by atoms with Gasteiger partial charge in [0.05, 0.1) is 17.9 Å². The highest BCUT2D eigenvalue weighted by atomic mass is 16.5. The largest absolute Gasteiger partial charge is 0.462 e. The van der Waals surface area contributed by atoms with E-state index in [1.165, 1.54) is 6.20 Å². The molecular formula is C8H12N4O2. The fraction of sp³-hybridized carbons (Fsp3) is 0.375. The molecule has 6 nitrogen and oxygen atoms in total. The smallest absolute Gasteiger partial charge is 0.341 e. The molecule has 0 aromatic carbocycles. The van der Waals surface area contributed by atoms with E-state index < -0.39 is 5.97 Å². The van der Waals surface area contributed by atoms with Crippen LogP contribution in [0.25, 0.3) is 0 Å². The van der Waals surface area contributed by atoms with E-state index in [4.69, 9.17) is 10.6 Å². The van der Waals surface area contributed by atoms with Gasteiger partial charge < -0.3 is 4.74 Å². The van der Waals surface area contributed by atoms with Gasteiger partial charge in [-0.1, -0.05) is 0 Å². The molecule has 76 valence electrons. The van der Waals surface area contributed by atoms with Crippen LogP contribution in [-0.4, -0.2) is 22.5 Å². The van der Waals surface area contributed by atoms with E-state index in [9.17, 15) is 4.79 Å². The summed E-state index contributed by atoms with van der Waals surface area (Å²) in [5.74, 6) is 4.96. The molecule has 0 atom stereocenters. The van der Waals surface area contributed by atoms with Crippen molar-refractivity contribution in [3.05, 3.63) is 17.5 Å². The Hall–Kier alpha value is -1.69. The average Bonchev–Trinajstić information content (AvgIpc) is 2.17. The van der Waals surface area contributed by atoms with Crippen molar-refractivity contribution in [2.45, 2.75) is 13.8 Å². The molecule has 3 N–H and O–H groups in total. The fourth-order valence-corrected chi connectivity index (χ4v) is 0.946. The zero-order valence-corrected chi connectivity index (χ0v) is 8.07. The van der Waals surface area contributed by atoms with Crippen LogP contribution >= 0.6 is 0 Å². The molecule has 0 aliphatic carbocycles. The Morgan fingerprint density at radius 3 is 2.93 bits per heavy atom. The molecule has 0 aliphatic heterocycles. The van der Waals surface area contributed by atoms with Gasteiger partial charge in [0.25, 0.3) is 0 Å². The minimum Gasteiger partial charge on any atom is -0.462 e. The van der Waals surface area contributed by atoms with Crippen LogP contribution in [0, 0.1) is 6.92 Å². The standard InChI is InChI=1S/C8H12N4O2/c1-3-14-7(13)6-4-10-8(12-9)11-5(6)2/h4H,3,9H2,1-2H3,(H,10,11,12). The zero-order chi connectivity index (χ0) is 10.6. The van der Waals surface area contributed by atoms with Crippen molar-refractivity contribution in [1.82, 2.24) is 9.97 Å². The van der Waals surface area contributed by atoms with Crippen molar-refractivity contribution in [3.63, 3.8) is 0 Å². The van der Waals surface area contributed by atoms with Gasteiger partial charge in [-0.3, -0.25) is 5.43 Å². The Labute approximate surface area is 81.5 Å². The predicted molar refractivity (Wildman–Crippen MR) is 50.5 cm³/mol. The summed E-state index contributed by atoms with van der Waals surface area (Å²) in [6.45, 7) is 3.76. The molecule has 6 heteroatoms. The number of nitrogens with two attached hydrogens (primary N) is 1. The second-order valence-electron chi connectivity index (χ2n) is 2.56. The van der Waals surface area contributed by atoms with Crippen molar-refractivity contribution in [2.75, 3.05) is 12.0 Å². The highest BCUT2D eigenvalue weighted by molar-refractivity contribution is 5.90. The molecular weight excluding hydrogens is 184 g/mol. The van der Waals surface area contributed by atoms with Gasteiger partial charge in [0, 0.05) is 6.20 Å². The van der Waals surface area contributed by atoms with Crippen LogP contribution in [0.15, 0.2) is 6.20 Å².